The zero-order valence-corrected chi connectivity index (χ0v) is 15.9. The zero-order valence-electron chi connectivity index (χ0n) is 14.3. The Bertz CT molecular complexity index is 1000. The summed E-state index contributed by atoms with van der Waals surface area (Å²) in [4.78, 5) is 3.94. The number of aromatic nitrogens is 2. The number of hydrogen-bond donors (Lipinski definition) is 1. The maximum Gasteiger partial charge on any atom is 0.269 e. The van der Waals surface area contributed by atoms with E-state index >= 15 is 0 Å². The van der Waals surface area contributed by atoms with Crippen LogP contribution < -0.4 is 5.32 Å². The predicted octanol–water partition coefficient (Wildman–Crippen LogP) is 3.38. The highest BCUT2D eigenvalue weighted by Crippen LogP contribution is 2.32. The largest absolute Gasteiger partial charge is 0.316 e. The van der Waals surface area contributed by atoms with E-state index < -0.39 is 15.8 Å². The van der Waals surface area contributed by atoms with Crippen molar-refractivity contribution >= 4 is 22.4 Å². The number of hydrogen-bond acceptors (Lipinski definition) is 4. The van der Waals surface area contributed by atoms with Gasteiger partial charge in [0.1, 0.15) is 10.7 Å². The number of halogens is 2. The van der Waals surface area contributed by atoms with Crippen LogP contribution in [0.25, 0.3) is 11.3 Å². The molecule has 0 spiro atoms. The van der Waals surface area contributed by atoms with Crippen molar-refractivity contribution in [1.82, 2.24) is 14.3 Å². The average Bonchev–Trinajstić information content (AvgIpc) is 2.94. The molecule has 0 aliphatic rings. The average molecular weight is 396 g/mol. The lowest BCUT2D eigenvalue weighted by molar-refractivity contribution is 0.587. The molecule has 0 saturated carbocycles. The summed E-state index contributed by atoms with van der Waals surface area (Å²) in [5, 5.41) is 3.01. The van der Waals surface area contributed by atoms with Gasteiger partial charge in [-0.2, -0.15) is 0 Å². The van der Waals surface area contributed by atoms with Crippen molar-refractivity contribution in [3.05, 3.63) is 71.9 Å². The van der Waals surface area contributed by atoms with E-state index in [0.717, 1.165) is 9.54 Å². The van der Waals surface area contributed by atoms with Crippen molar-refractivity contribution in [2.75, 3.05) is 7.05 Å². The van der Waals surface area contributed by atoms with Crippen LogP contribution in [0, 0.1) is 12.7 Å². The Morgan fingerprint density at radius 2 is 1.92 bits per heavy atom. The number of nitrogens with zero attached hydrogens (tertiary/aromatic N) is 2. The van der Waals surface area contributed by atoms with Gasteiger partial charge in [0.05, 0.1) is 5.69 Å². The Balaban J connectivity index is 0.00000243. The topological polar surface area (TPSA) is 64.0 Å². The lowest BCUT2D eigenvalue weighted by Crippen LogP contribution is -2.14. The van der Waals surface area contributed by atoms with Crippen LogP contribution in [0.2, 0.25) is 0 Å². The second kappa shape index (κ2) is 7.99. The molecule has 2 heterocycles. The van der Waals surface area contributed by atoms with Crippen LogP contribution in [0.3, 0.4) is 0 Å². The normalized spacial score (nSPS) is 11.2. The fourth-order valence-electron chi connectivity index (χ4n) is 2.77. The minimum absolute atomic E-state index is 0. The number of benzene rings is 1. The summed E-state index contributed by atoms with van der Waals surface area (Å²) in [5.41, 5.74) is 2.07. The smallest absolute Gasteiger partial charge is 0.269 e. The second-order valence-electron chi connectivity index (χ2n) is 5.63. The van der Waals surface area contributed by atoms with E-state index in [0.29, 0.717) is 17.8 Å². The zero-order chi connectivity index (χ0) is 18.0. The quantitative estimate of drug-likeness (QED) is 0.719. The highest BCUT2D eigenvalue weighted by atomic mass is 35.5. The van der Waals surface area contributed by atoms with Crippen molar-refractivity contribution in [2.24, 2.45) is 0 Å². The molecule has 3 rings (SSSR count). The Morgan fingerprint density at radius 3 is 2.54 bits per heavy atom. The first-order chi connectivity index (χ1) is 12.0. The molecule has 0 bridgehead atoms. The summed E-state index contributed by atoms with van der Waals surface area (Å²) in [6, 6.07) is 9.19. The van der Waals surface area contributed by atoms with Crippen molar-refractivity contribution < 1.29 is 12.8 Å². The van der Waals surface area contributed by atoms with Gasteiger partial charge < -0.3 is 5.32 Å². The summed E-state index contributed by atoms with van der Waals surface area (Å²) in [7, 11) is -2.12. The Kier molecular flexibility index (Phi) is 6.17. The maximum atomic E-state index is 14.4. The van der Waals surface area contributed by atoms with E-state index in [4.69, 9.17) is 0 Å². The van der Waals surface area contributed by atoms with Crippen LogP contribution in [-0.4, -0.2) is 24.4 Å². The fraction of sp³-hybridized carbons (Fsp3) is 0.167. The first kappa shape index (κ1) is 20.1. The van der Waals surface area contributed by atoms with Crippen LogP contribution in [0.4, 0.5) is 4.39 Å². The Morgan fingerprint density at radius 1 is 1.19 bits per heavy atom. The summed E-state index contributed by atoms with van der Waals surface area (Å²) in [5.74, 6) is -0.470. The Labute approximate surface area is 158 Å². The standard InChI is InChI=1S/C18H18FN3O2S.ClH/c1-13-14(10-20-2)12-22(18(13)16-7-3-4-8-17(16)19)25(23,24)15-6-5-9-21-11-15;/h3-9,11-12,20H,10H2,1-2H3;1H. The Hall–Kier alpha value is -2.22. The molecule has 0 radical (unpaired) electrons. The van der Waals surface area contributed by atoms with Crippen LogP contribution >= 0.6 is 12.4 Å². The minimum Gasteiger partial charge on any atom is -0.316 e. The molecule has 0 unspecified atom stereocenters. The van der Waals surface area contributed by atoms with Crippen molar-refractivity contribution in [1.29, 1.82) is 0 Å². The van der Waals surface area contributed by atoms with E-state index in [1.165, 1.54) is 30.7 Å². The van der Waals surface area contributed by atoms with E-state index in [-0.39, 0.29) is 22.9 Å². The summed E-state index contributed by atoms with van der Waals surface area (Å²) < 4.78 is 41.7. The third-order valence-corrected chi connectivity index (χ3v) is 5.66. The van der Waals surface area contributed by atoms with E-state index in [9.17, 15) is 12.8 Å². The molecule has 1 N–H and O–H groups in total. The molecule has 0 aliphatic heterocycles. The monoisotopic (exact) mass is 395 g/mol. The first-order valence-corrected chi connectivity index (χ1v) is 9.16. The lowest BCUT2D eigenvalue weighted by Gasteiger charge is -2.12. The SMILES string of the molecule is CNCc1cn(S(=O)(=O)c2cccnc2)c(-c2ccccc2F)c1C.Cl. The maximum absolute atomic E-state index is 14.4. The van der Waals surface area contributed by atoms with Gasteiger partial charge in [-0.15, -0.1) is 12.4 Å². The van der Waals surface area contributed by atoms with Crippen molar-refractivity contribution in [3.8, 4) is 11.3 Å². The number of pyridine rings is 1. The van der Waals surface area contributed by atoms with Crippen LogP contribution in [-0.2, 0) is 16.6 Å². The van der Waals surface area contributed by atoms with Crippen LogP contribution in [0.1, 0.15) is 11.1 Å². The molecule has 2 aromatic heterocycles. The summed E-state index contributed by atoms with van der Waals surface area (Å²) in [6.45, 7) is 2.27. The van der Waals surface area contributed by atoms with E-state index in [2.05, 4.69) is 10.3 Å². The molecule has 1 aromatic carbocycles. The van der Waals surface area contributed by atoms with Crippen molar-refractivity contribution in [2.45, 2.75) is 18.4 Å². The van der Waals surface area contributed by atoms with Gasteiger partial charge >= 0.3 is 0 Å². The number of rotatable bonds is 5. The molecule has 0 aliphatic carbocycles. The summed E-state index contributed by atoms with van der Waals surface area (Å²) in [6.07, 6.45) is 4.33. The second-order valence-corrected chi connectivity index (χ2v) is 7.44. The van der Waals surface area contributed by atoms with Crippen LogP contribution in [0.15, 0.2) is 59.9 Å². The van der Waals surface area contributed by atoms with Gasteiger partial charge in [-0.3, -0.25) is 4.98 Å². The van der Waals surface area contributed by atoms with Gasteiger partial charge in [-0.25, -0.2) is 16.8 Å². The molecule has 26 heavy (non-hydrogen) atoms. The third kappa shape index (κ3) is 3.51. The third-order valence-electron chi connectivity index (χ3n) is 4.02. The minimum atomic E-state index is -3.89. The molecule has 8 heteroatoms. The molecule has 0 amide bonds. The van der Waals surface area contributed by atoms with Gasteiger partial charge in [0.2, 0.25) is 0 Å². The summed E-state index contributed by atoms with van der Waals surface area (Å²) >= 11 is 0. The van der Waals surface area contributed by atoms with Gasteiger partial charge in [0, 0.05) is 30.7 Å². The molecule has 0 atom stereocenters. The van der Waals surface area contributed by atoms with E-state index in [1.807, 2.05) is 0 Å². The molecule has 5 nitrogen and oxygen atoms in total. The van der Waals surface area contributed by atoms with Gasteiger partial charge in [-0.05, 0) is 49.4 Å². The molecule has 3 aromatic rings. The number of nitrogens with one attached hydrogen (secondary N) is 1. The predicted molar refractivity (Wildman–Crippen MR) is 101 cm³/mol. The lowest BCUT2D eigenvalue weighted by atomic mass is 10.1. The van der Waals surface area contributed by atoms with Gasteiger partial charge in [0.15, 0.2) is 0 Å². The fourth-order valence-corrected chi connectivity index (χ4v) is 4.18. The molecular formula is C18H19ClFN3O2S. The van der Waals surface area contributed by atoms with Gasteiger partial charge in [-0.1, -0.05) is 12.1 Å². The van der Waals surface area contributed by atoms with Gasteiger partial charge in [0.25, 0.3) is 10.0 Å². The molecule has 0 saturated heterocycles. The highest BCUT2D eigenvalue weighted by molar-refractivity contribution is 7.90. The van der Waals surface area contributed by atoms with Crippen molar-refractivity contribution in [3.63, 3.8) is 0 Å². The highest BCUT2D eigenvalue weighted by Gasteiger charge is 2.25. The van der Waals surface area contributed by atoms with E-state index in [1.54, 1.807) is 38.2 Å². The first-order valence-electron chi connectivity index (χ1n) is 7.72. The van der Waals surface area contributed by atoms with Crippen LogP contribution in [0.5, 0.6) is 0 Å². The molecule has 138 valence electrons. The molecule has 0 fully saturated rings. The molecular weight excluding hydrogens is 377 g/mol.